The Hall–Kier alpha value is -1.67. The first-order valence-electron chi connectivity index (χ1n) is 7.01. The lowest BCUT2D eigenvalue weighted by atomic mass is 10.2. The number of allylic oxidation sites excluding steroid dienone is 3. The highest BCUT2D eigenvalue weighted by molar-refractivity contribution is 8.03. The summed E-state index contributed by atoms with van der Waals surface area (Å²) in [6.45, 7) is 3.88. The molecule has 0 radical (unpaired) electrons. The molecule has 0 aliphatic heterocycles. The van der Waals surface area contributed by atoms with Gasteiger partial charge in [-0.25, -0.2) is 9.97 Å². The van der Waals surface area contributed by atoms with E-state index in [-0.39, 0.29) is 10.7 Å². The van der Waals surface area contributed by atoms with E-state index >= 15 is 0 Å². The molecule has 0 saturated carbocycles. The second-order valence-corrected chi connectivity index (χ2v) is 6.90. The first-order valence-corrected chi connectivity index (χ1v) is 8.37. The molecule has 0 bridgehead atoms. The van der Waals surface area contributed by atoms with Gasteiger partial charge in [0.2, 0.25) is 0 Å². The summed E-state index contributed by atoms with van der Waals surface area (Å²) >= 11 is 7.37. The average Bonchev–Trinajstić information content (AvgIpc) is 2.80. The summed E-state index contributed by atoms with van der Waals surface area (Å²) in [5.41, 5.74) is 5.97. The van der Waals surface area contributed by atoms with Gasteiger partial charge in [-0.05, 0) is 29.7 Å². The fourth-order valence-electron chi connectivity index (χ4n) is 2.24. The lowest BCUT2D eigenvalue weighted by Gasteiger charge is -2.08. The van der Waals surface area contributed by atoms with Crippen LogP contribution in [0.4, 0.5) is 13.2 Å². The molecule has 2 rings (SSSR count). The minimum absolute atomic E-state index is 0.0715. The Labute approximate surface area is 146 Å². The van der Waals surface area contributed by atoms with Gasteiger partial charge in [0.15, 0.2) is 0 Å². The van der Waals surface area contributed by atoms with Crippen LogP contribution >= 0.6 is 23.4 Å². The van der Waals surface area contributed by atoms with Gasteiger partial charge in [0.25, 0.3) is 0 Å². The van der Waals surface area contributed by atoms with E-state index in [1.165, 1.54) is 6.20 Å². The normalized spacial score (nSPS) is 14.2. The van der Waals surface area contributed by atoms with Crippen LogP contribution in [-0.4, -0.2) is 20.3 Å². The van der Waals surface area contributed by atoms with Crippen molar-refractivity contribution in [1.29, 1.82) is 0 Å². The van der Waals surface area contributed by atoms with Gasteiger partial charge in [-0.15, -0.1) is 11.8 Å². The largest absolute Gasteiger partial charge is 0.433 e. The molecule has 0 spiro atoms. The second kappa shape index (κ2) is 7.06. The van der Waals surface area contributed by atoms with E-state index in [1.807, 2.05) is 13.8 Å². The quantitative estimate of drug-likeness (QED) is 0.630. The fraction of sp³-hybridized carbons (Fsp3) is 0.333. The number of nitrogens with zero attached hydrogens (tertiary/aromatic N) is 3. The Bertz CT molecular complexity index is 820. The van der Waals surface area contributed by atoms with Gasteiger partial charge in [-0.3, -0.25) is 0 Å². The maximum atomic E-state index is 12.8. The maximum absolute atomic E-state index is 12.8. The van der Waals surface area contributed by atoms with Crippen molar-refractivity contribution < 1.29 is 13.2 Å². The summed E-state index contributed by atoms with van der Waals surface area (Å²) in [7, 11) is 1.71. The van der Waals surface area contributed by atoms with Crippen LogP contribution in [0.15, 0.2) is 28.4 Å². The SMILES string of the molecule is CCS/C(C)=C(/C=C(\N)Cl)c1nc2cc(C(F)(F)F)ncc2n1C. The summed E-state index contributed by atoms with van der Waals surface area (Å²) in [6, 6.07) is 0.937. The lowest BCUT2D eigenvalue weighted by Crippen LogP contribution is -2.07. The zero-order valence-electron chi connectivity index (χ0n) is 13.3. The van der Waals surface area contributed by atoms with Crippen LogP contribution < -0.4 is 5.73 Å². The fourth-order valence-corrected chi connectivity index (χ4v) is 3.09. The number of fused-ring (bicyclic) bond motifs is 1. The Morgan fingerprint density at radius 2 is 2.12 bits per heavy atom. The lowest BCUT2D eigenvalue weighted by molar-refractivity contribution is -0.141. The molecule has 2 N–H and O–H groups in total. The molecular weight excluding hydrogens is 361 g/mol. The van der Waals surface area contributed by atoms with E-state index in [9.17, 15) is 13.2 Å². The third-order valence-electron chi connectivity index (χ3n) is 3.32. The number of thioether (sulfide) groups is 1. The summed E-state index contributed by atoms with van der Waals surface area (Å²) in [6.07, 6.45) is -1.79. The predicted octanol–water partition coefficient (Wildman–Crippen LogP) is 4.51. The highest BCUT2D eigenvalue weighted by atomic mass is 35.5. The standard InChI is InChI=1S/C15H16ClF3N4S/c1-4-24-8(2)9(5-13(16)20)14-22-10-6-12(15(17,18)19)21-7-11(10)23(14)3/h5-7H,4,20H2,1-3H3/b9-8-,13-5-. The Balaban J connectivity index is 2.68. The van der Waals surface area contributed by atoms with Crippen molar-refractivity contribution in [2.24, 2.45) is 12.8 Å². The molecule has 24 heavy (non-hydrogen) atoms. The van der Waals surface area contributed by atoms with Crippen LogP contribution in [0, 0.1) is 0 Å². The summed E-state index contributed by atoms with van der Waals surface area (Å²) in [5, 5.41) is 0.0715. The van der Waals surface area contributed by atoms with Crippen LogP contribution in [0.3, 0.4) is 0 Å². The van der Waals surface area contributed by atoms with E-state index < -0.39 is 11.9 Å². The highest BCUT2D eigenvalue weighted by Crippen LogP contribution is 2.32. The summed E-state index contributed by atoms with van der Waals surface area (Å²) in [5.74, 6) is 1.31. The number of rotatable bonds is 4. The zero-order valence-corrected chi connectivity index (χ0v) is 14.9. The van der Waals surface area contributed by atoms with Gasteiger partial charge in [0, 0.05) is 12.6 Å². The monoisotopic (exact) mass is 376 g/mol. The Morgan fingerprint density at radius 1 is 1.46 bits per heavy atom. The topological polar surface area (TPSA) is 56.7 Å². The molecule has 4 nitrogen and oxygen atoms in total. The van der Waals surface area contributed by atoms with Crippen molar-refractivity contribution in [3.8, 4) is 0 Å². The molecule has 0 atom stereocenters. The number of hydrogen-bond donors (Lipinski definition) is 1. The van der Waals surface area contributed by atoms with E-state index in [0.717, 1.165) is 16.7 Å². The second-order valence-electron chi connectivity index (χ2n) is 4.98. The van der Waals surface area contributed by atoms with Crippen molar-refractivity contribution in [3.05, 3.63) is 39.9 Å². The zero-order chi connectivity index (χ0) is 18.1. The Morgan fingerprint density at radius 3 is 2.67 bits per heavy atom. The van der Waals surface area contributed by atoms with Gasteiger partial charge in [0.1, 0.15) is 11.5 Å². The van der Waals surface area contributed by atoms with Crippen molar-refractivity contribution in [2.45, 2.75) is 20.0 Å². The van der Waals surface area contributed by atoms with E-state index in [0.29, 0.717) is 16.9 Å². The molecule has 0 unspecified atom stereocenters. The van der Waals surface area contributed by atoms with E-state index in [1.54, 1.807) is 29.5 Å². The maximum Gasteiger partial charge on any atom is 0.433 e. The number of imidazole rings is 1. The number of aryl methyl sites for hydroxylation is 1. The van der Waals surface area contributed by atoms with Crippen LogP contribution in [0.2, 0.25) is 0 Å². The predicted molar refractivity (Wildman–Crippen MR) is 92.4 cm³/mol. The van der Waals surface area contributed by atoms with Crippen LogP contribution in [0.1, 0.15) is 25.4 Å². The van der Waals surface area contributed by atoms with E-state index in [4.69, 9.17) is 17.3 Å². The summed E-state index contributed by atoms with van der Waals surface area (Å²) in [4.78, 5) is 8.74. The van der Waals surface area contributed by atoms with Crippen molar-refractivity contribution in [2.75, 3.05) is 5.75 Å². The number of aromatic nitrogens is 3. The van der Waals surface area contributed by atoms with Gasteiger partial charge in [-0.1, -0.05) is 18.5 Å². The minimum atomic E-state index is -4.51. The molecule has 0 aliphatic carbocycles. The number of nitrogens with two attached hydrogens (primary N) is 1. The molecule has 2 aromatic rings. The van der Waals surface area contributed by atoms with E-state index in [2.05, 4.69) is 9.97 Å². The molecule has 0 aromatic carbocycles. The number of halogens is 4. The van der Waals surface area contributed by atoms with Gasteiger partial charge in [-0.2, -0.15) is 13.2 Å². The van der Waals surface area contributed by atoms with Crippen LogP contribution in [-0.2, 0) is 13.2 Å². The number of pyridine rings is 1. The molecule has 9 heteroatoms. The number of hydrogen-bond acceptors (Lipinski definition) is 4. The van der Waals surface area contributed by atoms with Gasteiger partial charge in [0.05, 0.1) is 22.4 Å². The number of alkyl halides is 3. The average molecular weight is 377 g/mol. The molecule has 0 saturated heterocycles. The molecule has 0 fully saturated rings. The smallest absolute Gasteiger partial charge is 0.389 e. The third kappa shape index (κ3) is 3.87. The van der Waals surface area contributed by atoms with Gasteiger partial charge < -0.3 is 10.3 Å². The van der Waals surface area contributed by atoms with Crippen molar-refractivity contribution >= 4 is 40.0 Å². The van der Waals surface area contributed by atoms with Crippen molar-refractivity contribution in [1.82, 2.24) is 14.5 Å². The molecule has 0 amide bonds. The van der Waals surface area contributed by atoms with Crippen molar-refractivity contribution in [3.63, 3.8) is 0 Å². The molecule has 0 aliphatic rings. The highest BCUT2D eigenvalue weighted by Gasteiger charge is 2.33. The molecule has 130 valence electrons. The molecule has 2 aromatic heterocycles. The van der Waals surface area contributed by atoms with Gasteiger partial charge >= 0.3 is 6.18 Å². The Kier molecular flexibility index (Phi) is 5.49. The first kappa shape index (κ1) is 18.7. The minimum Gasteiger partial charge on any atom is -0.389 e. The third-order valence-corrected chi connectivity index (χ3v) is 4.37. The molecular formula is C15H16ClF3N4S. The van der Waals surface area contributed by atoms with Crippen LogP contribution in [0.5, 0.6) is 0 Å². The molecule has 2 heterocycles. The summed E-state index contributed by atoms with van der Waals surface area (Å²) < 4.78 is 40.2. The first-order chi connectivity index (χ1) is 11.1. The van der Waals surface area contributed by atoms with Crippen LogP contribution in [0.25, 0.3) is 16.6 Å².